The highest BCUT2D eigenvalue weighted by Crippen LogP contribution is 2.29. The number of hydrogen-bond acceptors (Lipinski definition) is 2. The summed E-state index contributed by atoms with van der Waals surface area (Å²) >= 11 is 12.4. The lowest BCUT2D eigenvalue weighted by molar-refractivity contribution is 0.804. The number of halogens is 2. The van der Waals surface area contributed by atoms with E-state index in [-0.39, 0.29) is 0 Å². The summed E-state index contributed by atoms with van der Waals surface area (Å²) in [7, 11) is 0. The lowest BCUT2D eigenvalue weighted by Gasteiger charge is -2.10. The van der Waals surface area contributed by atoms with Crippen LogP contribution >= 0.6 is 23.2 Å². The van der Waals surface area contributed by atoms with Gasteiger partial charge in [-0.3, -0.25) is 4.99 Å². The van der Waals surface area contributed by atoms with Crippen LogP contribution in [0.2, 0.25) is 10.0 Å². The van der Waals surface area contributed by atoms with Crippen LogP contribution < -0.4 is 5.32 Å². The predicted molar refractivity (Wildman–Crippen MR) is 152 cm³/mol. The SMILES string of the molecule is Cc1ccc2c(c1)c(C=NCCNc1cccc3ccccc13)c(C)n2Cc1ccc(Cl)c(Cl)c1. The number of aromatic nitrogens is 1. The van der Waals surface area contributed by atoms with Crippen LogP contribution in [0.3, 0.4) is 0 Å². The number of aryl methyl sites for hydroxylation is 1. The van der Waals surface area contributed by atoms with E-state index < -0.39 is 0 Å². The van der Waals surface area contributed by atoms with Gasteiger partial charge in [-0.05, 0) is 55.1 Å². The van der Waals surface area contributed by atoms with Crippen LogP contribution in [0.4, 0.5) is 5.69 Å². The number of nitrogens with zero attached hydrogens (tertiary/aromatic N) is 2. The van der Waals surface area contributed by atoms with Gasteiger partial charge in [-0.2, -0.15) is 0 Å². The van der Waals surface area contributed by atoms with Gasteiger partial charge >= 0.3 is 0 Å². The van der Waals surface area contributed by atoms with E-state index in [0.29, 0.717) is 16.6 Å². The Morgan fingerprint density at radius 1 is 0.857 bits per heavy atom. The third kappa shape index (κ3) is 4.93. The van der Waals surface area contributed by atoms with Gasteiger partial charge in [-0.1, -0.05) is 77.3 Å². The second kappa shape index (κ2) is 10.2. The van der Waals surface area contributed by atoms with E-state index in [1.165, 1.54) is 32.9 Å². The molecule has 5 heteroatoms. The summed E-state index contributed by atoms with van der Waals surface area (Å²) in [6, 6.07) is 27.2. The highest BCUT2D eigenvalue weighted by atomic mass is 35.5. The molecule has 0 aliphatic carbocycles. The molecule has 0 saturated heterocycles. The van der Waals surface area contributed by atoms with Crippen molar-refractivity contribution in [3.63, 3.8) is 0 Å². The van der Waals surface area contributed by atoms with E-state index >= 15 is 0 Å². The second-order valence-corrected chi connectivity index (χ2v) is 9.66. The van der Waals surface area contributed by atoms with Crippen LogP contribution in [0.1, 0.15) is 22.4 Å². The zero-order valence-corrected chi connectivity index (χ0v) is 21.4. The fourth-order valence-corrected chi connectivity index (χ4v) is 4.92. The Kier molecular flexibility index (Phi) is 6.81. The quantitative estimate of drug-likeness (QED) is 0.177. The molecule has 0 radical (unpaired) electrons. The third-order valence-electron chi connectivity index (χ3n) is 6.42. The maximum Gasteiger partial charge on any atom is 0.0595 e. The van der Waals surface area contributed by atoms with Crippen molar-refractivity contribution in [3.8, 4) is 0 Å². The number of hydrogen-bond donors (Lipinski definition) is 1. The smallest absolute Gasteiger partial charge is 0.0595 e. The fraction of sp³-hybridized carbons (Fsp3) is 0.167. The normalized spacial score (nSPS) is 11.7. The van der Waals surface area contributed by atoms with Gasteiger partial charge in [-0.25, -0.2) is 0 Å². The van der Waals surface area contributed by atoms with Crippen molar-refractivity contribution >= 4 is 56.8 Å². The molecular weight excluding hydrogens is 473 g/mol. The van der Waals surface area contributed by atoms with Gasteiger partial charge in [0.25, 0.3) is 0 Å². The lowest BCUT2D eigenvalue weighted by atomic mass is 10.1. The topological polar surface area (TPSA) is 29.3 Å². The first-order valence-corrected chi connectivity index (χ1v) is 12.5. The number of benzene rings is 4. The van der Waals surface area contributed by atoms with Gasteiger partial charge in [0, 0.05) is 52.5 Å². The number of fused-ring (bicyclic) bond motifs is 2. The number of nitrogens with one attached hydrogen (secondary N) is 1. The fourth-order valence-electron chi connectivity index (χ4n) is 4.60. The Hall–Kier alpha value is -3.27. The minimum atomic E-state index is 0.574. The first-order chi connectivity index (χ1) is 17.0. The zero-order chi connectivity index (χ0) is 24.4. The Bertz CT molecular complexity index is 1540. The summed E-state index contributed by atoms with van der Waals surface area (Å²) in [5.74, 6) is 0. The van der Waals surface area contributed by atoms with Gasteiger partial charge in [-0.15, -0.1) is 0 Å². The van der Waals surface area contributed by atoms with Gasteiger partial charge in [0.1, 0.15) is 0 Å². The Balaban J connectivity index is 1.37. The minimum Gasteiger partial charge on any atom is -0.383 e. The average Bonchev–Trinajstić information content (AvgIpc) is 3.11. The molecule has 35 heavy (non-hydrogen) atoms. The van der Waals surface area contributed by atoms with Crippen LogP contribution in [0, 0.1) is 13.8 Å². The van der Waals surface area contributed by atoms with Crippen LogP contribution in [0.25, 0.3) is 21.7 Å². The Morgan fingerprint density at radius 2 is 1.69 bits per heavy atom. The average molecular weight is 500 g/mol. The molecule has 0 unspecified atom stereocenters. The zero-order valence-electron chi connectivity index (χ0n) is 19.9. The monoisotopic (exact) mass is 499 g/mol. The molecule has 176 valence electrons. The molecule has 1 heterocycles. The molecule has 1 N–H and O–H groups in total. The molecule has 5 rings (SSSR count). The molecule has 0 fully saturated rings. The molecule has 1 aromatic heterocycles. The molecular formula is C30H27Cl2N3. The molecule has 0 amide bonds. The van der Waals surface area contributed by atoms with E-state index in [0.717, 1.165) is 29.9 Å². The van der Waals surface area contributed by atoms with Crippen molar-refractivity contribution in [1.29, 1.82) is 0 Å². The van der Waals surface area contributed by atoms with E-state index in [2.05, 4.69) is 84.4 Å². The molecule has 0 atom stereocenters. The molecule has 3 nitrogen and oxygen atoms in total. The van der Waals surface area contributed by atoms with Crippen LogP contribution in [-0.4, -0.2) is 23.9 Å². The molecule has 5 aromatic rings. The van der Waals surface area contributed by atoms with Crippen molar-refractivity contribution in [2.24, 2.45) is 4.99 Å². The Labute approximate surface area is 216 Å². The highest BCUT2D eigenvalue weighted by molar-refractivity contribution is 6.42. The van der Waals surface area contributed by atoms with Crippen LogP contribution in [-0.2, 0) is 6.54 Å². The largest absolute Gasteiger partial charge is 0.383 e. The first kappa shape index (κ1) is 23.5. The second-order valence-electron chi connectivity index (χ2n) is 8.84. The van der Waals surface area contributed by atoms with Crippen molar-refractivity contribution in [1.82, 2.24) is 4.57 Å². The van der Waals surface area contributed by atoms with Gasteiger partial charge in [0.05, 0.1) is 16.6 Å². The summed E-state index contributed by atoms with van der Waals surface area (Å²) in [5, 5.41) is 8.38. The number of anilines is 1. The molecule has 0 spiro atoms. The van der Waals surface area contributed by atoms with Gasteiger partial charge in [0.2, 0.25) is 0 Å². The summed E-state index contributed by atoms with van der Waals surface area (Å²) in [6.45, 7) is 6.46. The summed E-state index contributed by atoms with van der Waals surface area (Å²) in [5.41, 5.74) is 7.02. The summed E-state index contributed by atoms with van der Waals surface area (Å²) in [4.78, 5) is 4.78. The van der Waals surface area contributed by atoms with Gasteiger partial charge < -0.3 is 9.88 Å². The molecule has 4 aromatic carbocycles. The predicted octanol–water partition coefficient (Wildman–Crippen LogP) is 8.30. The summed E-state index contributed by atoms with van der Waals surface area (Å²) < 4.78 is 2.32. The van der Waals surface area contributed by atoms with Crippen molar-refractivity contribution in [3.05, 3.63) is 111 Å². The molecule has 0 aliphatic heterocycles. The maximum absolute atomic E-state index is 6.27. The molecule has 0 bridgehead atoms. The standard InChI is InChI=1S/C30H27Cl2N3/c1-20-10-13-30-25(16-20)26(21(2)35(30)19-22-11-12-27(31)28(32)17-22)18-33-14-15-34-29-9-5-7-23-6-3-4-8-24(23)29/h3-13,16-18,34H,14-15,19H2,1-2H3. The number of rotatable bonds is 7. The van der Waals surface area contributed by atoms with Crippen LogP contribution in [0.15, 0.2) is 83.9 Å². The van der Waals surface area contributed by atoms with E-state index in [9.17, 15) is 0 Å². The number of aliphatic imine (C=N–C) groups is 1. The minimum absolute atomic E-state index is 0.574. The Morgan fingerprint density at radius 3 is 2.54 bits per heavy atom. The molecule has 0 aliphatic rings. The van der Waals surface area contributed by atoms with E-state index in [1.807, 2.05) is 24.4 Å². The highest BCUT2D eigenvalue weighted by Gasteiger charge is 2.14. The lowest BCUT2D eigenvalue weighted by Crippen LogP contribution is -2.05. The summed E-state index contributed by atoms with van der Waals surface area (Å²) in [6.07, 6.45) is 2.02. The van der Waals surface area contributed by atoms with Crippen LogP contribution in [0.5, 0.6) is 0 Å². The van der Waals surface area contributed by atoms with Crippen molar-refractivity contribution in [2.45, 2.75) is 20.4 Å². The first-order valence-electron chi connectivity index (χ1n) is 11.8. The maximum atomic E-state index is 6.27. The third-order valence-corrected chi connectivity index (χ3v) is 7.16. The van der Waals surface area contributed by atoms with Crippen molar-refractivity contribution < 1.29 is 0 Å². The van der Waals surface area contributed by atoms with E-state index in [4.69, 9.17) is 28.2 Å². The molecule has 0 saturated carbocycles. The van der Waals surface area contributed by atoms with Gasteiger partial charge in [0.15, 0.2) is 0 Å². The van der Waals surface area contributed by atoms with Crippen molar-refractivity contribution in [2.75, 3.05) is 18.4 Å². The van der Waals surface area contributed by atoms with E-state index in [1.54, 1.807) is 0 Å².